The number of ether oxygens (including phenoxy) is 1. The summed E-state index contributed by atoms with van der Waals surface area (Å²) in [4.78, 5) is 3.89. The normalized spacial score (nSPS) is 11.8. The fraction of sp³-hybridized carbons (Fsp3) is 0.273. The van der Waals surface area contributed by atoms with E-state index in [1.807, 2.05) is 22.6 Å². The zero-order chi connectivity index (χ0) is 14.8. The highest BCUT2D eigenvalue weighted by Crippen LogP contribution is 2.26. The molecule has 2 aromatic rings. The molecule has 5 nitrogen and oxygen atoms in total. The van der Waals surface area contributed by atoms with Gasteiger partial charge in [0, 0.05) is 5.56 Å². The Bertz CT molecular complexity index is 601. The van der Waals surface area contributed by atoms with Crippen LogP contribution in [0.25, 0.3) is 11.5 Å². The average molecular weight is 400 g/mol. The van der Waals surface area contributed by atoms with Gasteiger partial charge >= 0.3 is 6.18 Å². The molecule has 0 saturated heterocycles. The number of rotatable bonds is 4. The molecule has 0 aliphatic heterocycles. The number of aromatic nitrogens is 2. The second kappa shape index (κ2) is 5.95. The van der Waals surface area contributed by atoms with Crippen molar-refractivity contribution in [1.82, 2.24) is 10.1 Å². The lowest BCUT2D eigenvalue weighted by Crippen LogP contribution is -2.16. The maximum atomic E-state index is 11.9. The molecule has 1 heterocycles. The van der Waals surface area contributed by atoms with Gasteiger partial charge in [0.25, 0.3) is 5.89 Å². The van der Waals surface area contributed by atoms with Crippen molar-refractivity contribution in [2.24, 2.45) is 0 Å². The zero-order valence-corrected chi connectivity index (χ0v) is 12.0. The van der Waals surface area contributed by atoms with Gasteiger partial charge in [-0.05, 0) is 40.8 Å². The molecule has 0 saturated carbocycles. The van der Waals surface area contributed by atoms with E-state index in [1.54, 1.807) is 12.1 Å². The molecular weight excluding hydrogens is 392 g/mol. The molecule has 1 N–H and O–H groups in total. The van der Waals surface area contributed by atoms with Crippen molar-refractivity contribution in [2.45, 2.75) is 12.8 Å². The van der Waals surface area contributed by atoms with Gasteiger partial charge in [0.05, 0.1) is 3.57 Å². The highest BCUT2D eigenvalue weighted by molar-refractivity contribution is 14.1. The van der Waals surface area contributed by atoms with Gasteiger partial charge in [0.2, 0.25) is 0 Å². The van der Waals surface area contributed by atoms with E-state index in [-0.39, 0.29) is 17.5 Å². The molecule has 0 atom stereocenters. The number of phenolic OH excluding ortho intramolecular Hbond substituents is 1. The van der Waals surface area contributed by atoms with Crippen molar-refractivity contribution in [2.75, 3.05) is 6.61 Å². The molecule has 2 rings (SSSR count). The first-order valence-corrected chi connectivity index (χ1v) is 6.39. The minimum absolute atomic E-state index is 0.00212. The van der Waals surface area contributed by atoms with E-state index >= 15 is 0 Å². The van der Waals surface area contributed by atoms with Gasteiger partial charge in [0.15, 0.2) is 5.82 Å². The third-order valence-corrected chi connectivity index (χ3v) is 3.07. The molecule has 1 aromatic heterocycles. The molecule has 9 heteroatoms. The van der Waals surface area contributed by atoms with Gasteiger partial charge in [-0.2, -0.15) is 18.2 Å². The maximum Gasteiger partial charge on any atom is 0.411 e. The second-order valence-electron chi connectivity index (χ2n) is 3.79. The topological polar surface area (TPSA) is 68.4 Å². The van der Waals surface area contributed by atoms with Crippen LogP contribution < -0.4 is 0 Å². The van der Waals surface area contributed by atoms with Crippen LogP contribution in [0.4, 0.5) is 13.2 Å². The first kappa shape index (κ1) is 15.0. The number of phenols is 1. The van der Waals surface area contributed by atoms with E-state index in [0.717, 1.165) is 0 Å². The number of halogens is 4. The molecule has 1 aromatic carbocycles. The summed E-state index contributed by atoms with van der Waals surface area (Å²) in [6.45, 7) is -1.78. The third-order valence-electron chi connectivity index (χ3n) is 2.16. The molecule has 0 bridgehead atoms. The fourth-order valence-electron chi connectivity index (χ4n) is 1.33. The van der Waals surface area contributed by atoms with E-state index in [2.05, 4.69) is 14.9 Å². The number of benzene rings is 1. The van der Waals surface area contributed by atoms with Crippen LogP contribution >= 0.6 is 22.6 Å². The Labute approximate surface area is 124 Å². The van der Waals surface area contributed by atoms with Crippen LogP contribution in [0, 0.1) is 3.57 Å². The largest absolute Gasteiger partial charge is 0.507 e. The van der Waals surface area contributed by atoms with E-state index in [9.17, 15) is 18.3 Å². The lowest BCUT2D eigenvalue weighted by molar-refractivity contribution is -0.177. The summed E-state index contributed by atoms with van der Waals surface area (Å²) in [5, 5.41) is 13.1. The van der Waals surface area contributed by atoms with Crippen molar-refractivity contribution < 1.29 is 27.5 Å². The summed E-state index contributed by atoms with van der Waals surface area (Å²) in [6.07, 6.45) is -4.39. The van der Waals surface area contributed by atoms with Gasteiger partial charge in [-0.3, -0.25) is 0 Å². The molecule has 108 valence electrons. The highest BCUT2D eigenvalue weighted by Gasteiger charge is 2.27. The molecule has 0 aliphatic carbocycles. The lowest BCUT2D eigenvalue weighted by atomic mass is 10.2. The number of hydrogen-bond acceptors (Lipinski definition) is 5. The number of aromatic hydroxyl groups is 1. The van der Waals surface area contributed by atoms with Crippen LogP contribution in [0.2, 0.25) is 0 Å². The van der Waals surface area contributed by atoms with Gasteiger partial charge in [-0.25, -0.2) is 0 Å². The second-order valence-corrected chi connectivity index (χ2v) is 4.95. The summed E-state index contributed by atoms with van der Waals surface area (Å²) in [5.74, 6) is 0.153. The van der Waals surface area contributed by atoms with Gasteiger partial charge in [0.1, 0.15) is 19.0 Å². The Morgan fingerprint density at radius 3 is 2.75 bits per heavy atom. The predicted molar refractivity (Wildman–Crippen MR) is 69.8 cm³/mol. The van der Waals surface area contributed by atoms with E-state index < -0.39 is 19.4 Å². The molecule has 20 heavy (non-hydrogen) atoms. The fourth-order valence-corrected chi connectivity index (χ4v) is 1.67. The Morgan fingerprint density at radius 1 is 1.35 bits per heavy atom. The maximum absolute atomic E-state index is 11.9. The quantitative estimate of drug-likeness (QED) is 0.800. The van der Waals surface area contributed by atoms with Crippen molar-refractivity contribution >= 4 is 22.6 Å². The summed E-state index contributed by atoms with van der Waals surface area (Å²) in [5.41, 5.74) is 0.470. The Balaban J connectivity index is 2.03. The van der Waals surface area contributed by atoms with Gasteiger partial charge in [-0.15, -0.1) is 0 Å². The SMILES string of the molecule is Oc1cc(-c2nc(COCC(F)(F)F)no2)ccc1I. The molecular formula is C11H8F3IN2O3. The summed E-state index contributed by atoms with van der Waals surface area (Å²) in [7, 11) is 0. The molecule has 0 spiro atoms. The number of hydrogen-bond donors (Lipinski definition) is 1. The summed E-state index contributed by atoms with van der Waals surface area (Å²) < 4.78 is 45.6. The minimum Gasteiger partial charge on any atom is -0.507 e. The standard InChI is InChI=1S/C11H8F3IN2O3/c12-11(13,14)5-19-4-9-16-10(20-17-9)6-1-2-7(15)8(18)3-6/h1-3,18H,4-5H2. The third kappa shape index (κ3) is 4.07. The Kier molecular flexibility index (Phi) is 4.48. The highest BCUT2D eigenvalue weighted by atomic mass is 127. The van der Waals surface area contributed by atoms with Crippen molar-refractivity contribution in [3.05, 3.63) is 27.6 Å². The van der Waals surface area contributed by atoms with Gasteiger partial charge in [-0.1, -0.05) is 5.16 Å². The summed E-state index contributed by atoms with van der Waals surface area (Å²) in [6, 6.07) is 4.72. The first-order chi connectivity index (χ1) is 9.35. The van der Waals surface area contributed by atoms with Gasteiger partial charge < -0.3 is 14.4 Å². The lowest BCUT2D eigenvalue weighted by Gasteiger charge is -2.04. The molecule has 0 unspecified atom stereocenters. The molecule has 0 fully saturated rings. The van der Waals surface area contributed by atoms with Crippen LogP contribution in [-0.2, 0) is 11.3 Å². The van der Waals surface area contributed by atoms with E-state index in [0.29, 0.717) is 9.13 Å². The number of alkyl halides is 3. The smallest absolute Gasteiger partial charge is 0.411 e. The van der Waals surface area contributed by atoms with Crippen LogP contribution in [0.15, 0.2) is 22.7 Å². The molecule has 0 aliphatic rings. The van der Waals surface area contributed by atoms with Crippen molar-refractivity contribution in [1.29, 1.82) is 0 Å². The molecule has 0 radical (unpaired) electrons. The van der Waals surface area contributed by atoms with Crippen LogP contribution in [0.1, 0.15) is 5.82 Å². The minimum atomic E-state index is -4.39. The monoisotopic (exact) mass is 400 g/mol. The Morgan fingerprint density at radius 2 is 2.10 bits per heavy atom. The van der Waals surface area contributed by atoms with Crippen molar-refractivity contribution in [3.8, 4) is 17.2 Å². The average Bonchev–Trinajstić information content (AvgIpc) is 2.80. The Hall–Kier alpha value is -1.36. The summed E-state index contributed by atoms with van der Waals surface area (Å²) >= 11 is 1.95. The van der Waals surface area contributed by atoms with E-state index in [1.165, 1.54) is 6.07 Å². The van der Waals surface area contributed by atoms with Crippen LogP contribution in [0.5, 0.6) is 5.75 Å². The first-order valence-electron chi connectivity index (χ1n) is 5.31. The zero-order valence-electron chi connectivity index (χ0n) is 9.82. The predicted octanol–water partition coefficient (Wildman–Crippen LogP) is 3.13. The van der Waals surface area contributed by atoms with Crippen LogP contribution in [0.3, 0.4) is 0 Å². The molecule has 0 amide bonds. The van der Waals surface area contributed by atoms with Crippen LogP contribution in [-0.4, -0.2) is 28.0 Å². The number of nitrogens with zero attached hydrogens (tertiary/aromatic N) is 2. The van der Waals surface area contributed by atoms with E-state index in [4.69, 9.17) is 4.52 Å². The van der Waals surface area contributed by atoms with Crippen molar-refractivity contribution in [3.63, 3.8) is 0 Å².